The van der Waals surface area contributed by atoms with Crippen LogP contribution in [-0.4, -0.2) is 81.7 Å². The number of carbonyl (C=O) groups excluding carboxylic acids is 3. The van der Waals surface area contributed by atoms with E-state index in [1.807, 2.05) is 42.2 Å². The molecule has 2 unspecified atom stereocenters. The SMILES string of the molecule is C=CCN(C(=O)[C@H]1[C@H]2C(=O)N(CCCCO)C(C(=O)N(CC=C)C(C)(C)CC(C)(C)C)C23CC[C@]1(C)O3)c1ccccc1. The molecular formula is C35H51N3O5. The van der Waals surface area contributed by atoms with Crippen molar-refractivity contribution in [1.29, 1.82) is 0 Å². The van der Waals surface area contributed by atoms with Crippen LogP contribution in [-0.2, 0) is 19.1 Å². The number of nitrogens with zero attached hydrogens (tertiary/aromatic N) is 3. The number of para-hydroxylation sites is 1. The van der Waals surface area contributed by atoms with Crippen LogP contribution in [0.1, 0.15) is 73.6 Å². The first-order valence-electron chi connectivity index (χ1n) is 15.7. The number of amides is 3. The summed E-state index contributed by atoms with van der Waals surface area (Å²) in [6.45, 7) is 21.3. The average molecular weight is 594 g/mol. The lowest BCUT2D eigenvalue weighted by Gasteiger charge is -2.45. The van der Waals surface area contributed by atoms with Gasteiger partial charge in [-0.25, -0.2) is 0 Å². The van der Waals surface area contributed by atoms with Gasteiger partial charge in [0, 0.05) is 37.5 Å². The Hall–Kier alpha value is -2.97. The van der Waals surface area contributed by atoms with Gasteiger partial charge in [-0.2, -0.15) is 0 Å². The van der Waals surface area contributed by atoms with Crippen LogP contribution in [0.4, 0.5) is 5.69 Å². The number of hydrogen-bond donors (Lipinski definition) is 1. The van der Waals surface area contributed by atoms with Crippen molar-refractivity contribution in [2.45, 2.75) is 96.4 Å². The van der Waals surface area contributed by atoms with Crippen LogP contribution in [0.3, 0.4) is 0 Å². The van der Waals surface area contributed by atoms with Gasteiger partial charge in [-0.3, -0.25) is 14.4 Å². The average Bonchev–Trinajstić information content (AvgIpc) is 3.49. The molecule has 236 valence electrons. The molecule has 1 spiro atoms. The van der Waals surface area contributed by atoms with E-state index in [4.69, 9.17) is 4.74 Å². The lowest BCUT2D eigenvalue weighted by Crippen LogP contribution is -2.61. The van der Waals surface area contributed by atoms with Gasteiger partial charge < -0.3 is 24.5 Å². The molecule has 1 aromatic rings. The molecule has 8 nitrogen and oxygen atoms in total. The smallest absolute Gasteiger partial charge is 0.249 e. The second-order valence-electron chi connectivity index (χ2n) is 14.6. The fourth-order valence-corrected chi connectivity index (χ4v) is 8.25. The lowest BCUT2D eigenvalue weighted by molar-refractivity contribution is -0.155. The number of aliphatic hydroxyl groups is 1. The summed E-state index contributed by atoms with van der Waals surface area (Å²) in [4.78, 5) is 49.1. The van der Waals surface area contributed by atoms with Crippen LogP contribution in [0.25, 0.3) is 0 Å². The Bertz CT molecular complexity index is 1220. The highest BCUT2D eigenvalue weighted by molar-refractivity contribution is 6.03. The zero-order valence-corrected chi connectivity index (χ0v) is 27.0. The van der Waals surface area contributed by atoms with Crippen molar-refractivity contribution in [2.75, 3.05) is 31.1 Å². The third kappa shape index (κ3) is 5.93. The molecule has 8 heteroatoms. The fourth-order valence-electron chi connectivity index (χ4n) is 8.25. The van der Waals surface area contributed by atoms with Gasteiger partial charge in [0.05, 0.1) is 17.4 Å². The Morgan fingerprint density at radius 2 is 1.70 bits per heavy atom. The maximum Gasteiger partial charge on any atom is 0.249 e. The molecule has 3 fully saturated rings. The van der Waals surface area contributed by atoms with E-state index >= 15 is 0 Å². The highest BCUT2D eigenvalue weighted by Gasteiger charge is 2.78. The molecule has 3 aliphatic heterocycles. The first-order chi connectivity index (χ1) is 20.2. The minimum absolute atomic E-state index is 0.000309. The lowest BCUT2D eigenvalue weighted by atomic mass is 9.65. The van der Waals surface area contributed by atoms with E-state index < -0.39 is 34.6 Å². The number of hydrogen-bond acceptors (Lipinski definition) is 5. The second-order valence-corrected chi connectivity index (χ2v) is 14.6. The predicted molar refractivity (Wildman–Crippen MR) is 169 cm³/mol. The van der Waals surface area contributed by atoms with Gasteiger partial charge in [0.25, 0.3) is 0 Å². The normalized spacial score (nSPS) is 28.1. The molecule has 0 aliphatic carbocycles. The Kier molecular flexibility index (Phi) is 9.34. The molecule has 3 aliphatic rings. The Labute approximate surface area is 257 Å². The molecule has 3 amide bonds. The van der Waals surface area contributed by atoms with Gasteiger partial charge in [-0.05, 0) is 70.4 Å². The van der Waals surface area contributed by atoms with Crippen molar-refractivity contribution in [1.82, 2.24) is 9.80 Å². The number of anilines is 1. The number of benzene rings is 1. The standard InChI is InChI=1S/C35H51N3O5/c1-9-20-36(25-16-12-11-13-17-25)29(40)26-27-30(41)37(22-14-15-23-39)28(35(27)19-18-34(26,8)43-35)31(42)38(21-10-2)33(6,7)24-32(3,4)5/h9-13,16-17,26-28,39H,1-2,14-15,18-24H2,3-8H3/t26-,27+,28?,34+,35?/m1/s1. The molecule has 3 heterocycles. The highest BCUT2D eigenvalue weighted by Crippen LogP contribution is 2.63. The topological polar surface area (TPSA) is 90.4 Å². The summed E-state index contributed by atoms with van der Waals surface area (Å²) < 4.78 is 6.89. The van der Waals surface area contributed by atoms with E-state index in [1.54, 1.807) is 22.0 Å². The van der Waals surface area contributed by atoms with Crippen LogP contribution in [0.15, 0.2) is 55.6 Å². The Morgan fingerprint density at radius 3 is 2.28 bits per heavy atom. The summed E-state index contributed by atoms with van der Waals surface area (Å²) in [5.74, 6) is -2.10. The summed E-state index contributed by atoms with van der Waals surface area (Å²) in [6, 6.07) is 8.54. The highest BCUT2D eigenvalue weighted by atomic mass is 16.5. The molecular weight excluding hydrogens is 542 g/mol. The van der Waals surface area contributed by atoms with Crippen LogP contribution in [0.2, 0.25) is 0 Å². The largest absolute Gasteiger partial charge is 0.396 e. The molecule has 1 aromatic carbocycles. The van der Waals surface area contributed by atoms with Crippen LogP contribution < -0.4 is 4.90 Å². The molecule has 43 heavy (non-hydrogen) atoms. The number of carbonyl (C=O) groups is 3. The van der Waals surface area contributed by atoms with Crippen molar-refractivity contribution >= 4 is 23.4 Å². The van der Waals surface area contributed by atoms with Crippen molar-refractivity contribution < 1.29 is 24.2 Å². The Balaban J connectivity index is 1.80. The number of unbranched alkanes of at least 4 members (excludes halogenated alkanes) is 1. The summed E-state index contributed by atoms with van der Waals surface area (Å²) in [6.07, 6.45) is 6.31. The van der Waals surface area contributed by atoms with Crippen LogP contribution in [0, 0.1) is 17.3 Å². The number of rotatable bonds is 13. The van der Waals surface area contributed by atoms with Crippen molar-refractivity contribution in [3.05, 3.63) is 55.6 Å². The Morgan fingerprint density at radius 1 is 1.05 bits per heavy atom. The molecule has 0 radical (unpaired) electrons. The molecule has 2 bridgehead atoms. The van der Waals surface area contributed by atoms with E-state index in [2.05, 4.69) is 47.8 Å². The quantitative estimate of drug-likeness (QED) is 0.258. The maximum atomic E-state index is 14.9. The van der Waals surface area contributed by atoms with Gasteiger partial charge >= 0.3 is 0 Å². The van der Waals surface area contributed by atoms with Gasteiger partial charge in [0.2, 0.25) is 17.7 Å². The first kappa shape index (κ1) is 32.9. The van der Waals surface area contributed by atoms with Crippen LogP contribution >= 0.6 is 0 Å². The van der Waals surface area contributed by atoms with E-state index in [9.17, 15) is 19.5 Å². The minimum Gasteiger partial charge on any atom is -0.396 e. The van der Waals surface area contributed by atoms with E-state index in [1.165, 1.54) is 0 Å². The van der Waals surface area contributed by atoms with E-state index in [0.29, 0.717) is 45.3 Å². The van der Waals surface area contributed by atoms with E-state index in [-0.39, 0.29) is 29.7 Å². The van der Waals surface area contributed by atoms with Gasteiger partial charge in [-0.15, -0.1) is 13.2 Å². The molecule has 5 atom stereocenters. The van der Waals surface area contributed by atoms with Gasteiger partial charge in [0.15, 0.2) is 0 Å². The van der Waals surface area contributed by atoms with Crippen molar-refractivity contribution in [2.24, 2.45) is 17.3 Å². The zero-order valence-electron chi connectivity index (χ0n) is 27.0. The van der Waals surface area contributed by atoms with E-state index in [0.717, 1.165) is 12.1 Å². The van der Waals surface area contributed by atoms with Crippen LogP contribution in [0.5, 0.6) is 0 Å². The summed E-state index contributed by atoms with van der Waals surface area (Å²) in [5, 5.41) is 9.51. The monoisotopic (exact) mass is 593 g/mol. The zero-order chi connectivity index (χ0) is 31.8. The minimum atomic E-state index is -1.11. The third-order valence-corrected chi connectivity index (χ3v) is 9.50. The summed E-state index contributed by atoms with van der Waals surface area (Å²) in [5.41, 5.74) is -1.84. The summed E-state index contributed by atoms with van der Waals surface area (Å²) >= 11 is 0. The maximum absolute atomic E-state index is 14.9. The number of fused-ring (bicyclic) bond motifs is 1. The van der Waals surface area contributed by atoms with Crippen molar-refractivity contribution in [3.63, 3.8) is 0 Å². The number of likely N-dealkylation sites (tertiary alicyclic amines) is 1. The molecule has 3 saturated heterocycles. The number of ether oxygens (including phenoxy) is 1. The fraction of sp³-hybridized carbons (Fsp3) is 0.629. The summed E-state index contributed by atoms with van der Waals surface area (Å²) in [7, 11) is 0. The van der Waals surface area contributed by atoms with Gasteiger partial charge in [-0.1, -0.05) is 51.1 Å². The third-order valence-electron chi connectivity index (χ3n) is 9.50. The number of aliphatic hydroxyl groups excluding tert-OH is 1. The first-order valence-corrected chi connectivity index (χ1v) is 15.7. The molecule has 0 aromatic heterocycles. The molecule has 0 saturated carbocycles. The van der Waals surface area contributed by atoms with Crippen molar-refractivity contribution in [3.8, 4) is 0 Å². The molecule has 1 N–H and O–H groups in total. The van der Waals surface area contributed by atoms with Gasteiger partial charge in [0.1, 0.15) is 11.6 Å². The predicted octanol–water partition coefficient (Wildman–Crippen LogP) is 4.97. The second kappa shape index (κ2) is 12.2. The molecule has 4 rings (SSSR count).